The van der Waals surface area contributed by atoms with Crippen LogP contribution in [-0.2, 0) is 4.74 Å². The predicted octanol–water partition coefficient (Wildman–Crippen LogP) is 7.74. The molecule has 0 aromatic carbocycles. The van der Waals surface area contributed by atoms with Gasteiger partial charge in [-0.2, -0.15) is 0 Å². The fourth-order valence-electron chi connectivity index (χ4n) is 4.19. The molecule has 0 radical (unpaired) electrons. The van der Waals surface area contributed by atoms with Gasteiger partial charge in [0.15, 0.2) is 0 Å². The molecule has 0 fully saturated rings. The molecule has 4 atom stereocenters. The second-order valence-corrected chi connectivity index (χ2v) is 11.0. The van der Waals surface area contributed by atoms with Crippen molar-refractivity contribution in [2.75, 3.05) is 13.2 Å². The fraction of sp³-hybridized carbons (Fsp3) is 0.862. The van der Waals surface area contributed by atoms with Gasteiger partial charge in [-0.05, 0) is 69.8 Å². The number of ether oxygens (including phenoxy) is 1. The van der Waals surface area contributed by atoms with Crippen LogP contribution in [0.25, 0.3) is 0 Å². The van der Waals surface area contributed by atoms with Crippen LogP contribution in [0.5, 0.6) is 0 Å². The van der Waals surface area contributed by atoms with Gasteiger partial charge in [0, 0.05) is 6.61 Å². The van der Waals surface area contributed by atoms with E-state index in [1.165, 1.54) is 56.9 Å². The number of unbranched alkanes of at least 4 members (excludes halogenated alkanes) is 1. The third kappa shape index (κ3) is 17.3. The molecule has 0 aromatic rings. The van der Waals surface area contributed by atoms with E-state index in [0.29, 0.717) is 12.2 Å². The monoisotopic (exact) mass is 468 g/mol. The van der Waals surface area contributed by atoms with Gasteiger partial charge in [-0.3, -0.25) is 0 Å². The first kappa shape index (κ1) is 32.2. The summed E-state index contributed by atoms with van der Waals surface area (Å²) in [5.41, 5.74) is 2.06. The molecule has 4 nitrogen and oxygen atoms in total. The lowest BCUT2D eigenvalue weighted by molar-refractivity contribution is -0.0621. The van der Waals surface area contributed by atoms with E-state index < -0.39 is 12.2 Å². The Morgan fingerprint density at radius 1 is 0.818 bits per heavy atom. The largest absolute Gasteiger partial charge is 0.510 e. The highest BCUT2D eigenvalue weighted by atomic mass is 16.5. The van der Waals surface area contributed by atoms with E-state index in [4.69, 9.17) is 4.74 Å². The summed E-state index contributed by atoms with van der Waals surface area (Å²) in [6, 6.07) is 0. The number of aliphatic hydroxyl groups excluding tert-OH is 3. The second-order valence-electron chi connectivity index (χ2n) is 11.0. The molecule has 4 heteroatoms. The minimum absolute atomic E-state index is 0.116. The van der Waals surface area contributed by atoms with E-state index in [2.05, 4.69) is 40.7 Å². The third-order valence-electron chi connectivity index (χ3n) is 6.64. The first-order valence-corrected chi connectivity index (χ1v) is 13.5. The molecule has 0 saturated heterocycles. The summed E-state index contributed by atoms with van der Waals surface area (Å²) in [6.07, 6.45) is 14.1. The first-order chi connectivity index (χ1) is 15.6. The lowest BCUT2D eigenvalue weighted by Crippen LogP contribution is -2.34. The minimum Gasteiger partial charge on any atom is -0.510 e. The van der Waals surface area contributed by atoms with Gasteiger partial charge in [-0.15, -0.1) is 0 Å². The highest BCUT2D eigenvalue weighted by molar-refractivity contribution is 5.08. The molecule has 0 aliphatic heterocycles. The van der Waals surface area contributed by atoms with Crippen molar-refractivity contribution in [1.29, 1.82) is 0 Å². The van der Waals surface area contributed by atoms with Gasteiger partial charge in [0.25, 0.3) is 0 Å². The Hall–Kier alpha value is -0.840. The van der Waals surface area contributed by atoms with Crippen molar-refractivity contribution in [3.05, 3.63) is 23.0 Å². The summed E-state index contributed by atoms with van der Waals surface area (Å²) in [6.45, 7) is 15.2. The van der Waals surface area contributed by atoms with E-state index in [9.17, 15) is 15.3 Å². The van der Waals surface area contributed by atoms with Gasteiger partial charge in [-0.1, -0.05) is 84.3 Å². The molecule has 0 amide bonds. The summed E-state index contributed by atoms with van der Waals surface area (Å²) >= 11 is 0. The molecule has 2 unspecified atom stereocenters. The Morgan fingerprint density at radius 3 is 1.88 bits per heavy atom. The molecule has 3 N–H and O–H groups in total. The molecule has 33 heavy (non-hydrogen) atoms. The van der Waals surface area contributed by atoms with Gasteiger partial charge in [0.2, 0.25) is 0 Å². The van der Waals surface area contributed by atoms with Crippen LogP contribution in [-0.4, -0.2) is 40.7 Å². The standard InChI is InChI=1S/C29H56O4/c1-22(2)13-10-15-25(6)17-12-19-26(7)18-11-16-24(5)14-8-9-20-33-27(21-30)29(32)28(31)23(3)4/h14,22,25-27,29-32H,8-13,15-21H2,1-7H3/t25?,26?,27-,29-/m1/s1. The van der Waals surface area contributed by atoms with Crippen LogP contribution in [0.15, 0.2) is 23.0 Å². The van der Waals surface area contributed by atoms with E-state index in [1.807, 2.05) is 0 Å². The van der Waals surface area contributed by atoms with Crippen molar-refractivity contribution < 1.29 is 20.1 Å². The normalized spacial score (nSPS) is 16.0. The van der Waals surface area contributed by atoms with Crippen LogP contribution >= 0.6 is 0 Å². The highest BCUT2D eigenvalue weighted by Crippen LogP contribution is 2.22. The van der Waals surface area contributed by atoms with E-state index in [0.717, 1.165) is 37.0 Å². The fourth-order valence-corrected chi connectivity index (χ4v) is 4.19. The average Bonchev–Trinajstić information content (AvgIpc) is 2.74. The summed E-state index contributed by atoms with van der Waals surface area (Å²) in [5.74, 6) is 2.41. The average molecular weight is 469 g/mol. The van der Waals surface area contributed by atoms with Gasteiger partial charge in [0.05, 0.1) is 6.61 Å². The Balaban J connectivity index is 3.91. The maximum absolute atomic E-state index is 10.1. The molecule has 196 valence electrons. The lowest BCUT2D eigenvalue weighted by atomic mass is 9.91. The van der Waals surface area contributed by atoms with Gasteiger partial charge >= 0.3 is 0 Å². The third-order valence-corrected chi connectivity index (χ3v) is 6.64. The quantitative estimate of drug-likeness (QED) is 0.0970. The van der Waals surface area contributed by atoms with Crippen LogP contribution in [0, 0.1) is 17.8 Å². The van der Waals surface area contributed by atoms with Crippen LogP contribution in [0.1, 0.15) is 119 Å². The first-order valence-electron chi connectivity index (χ1n) is 13.5. The molecular weight excluding hydrogens is 412 g/mol. The van der Waals surface area contributed by atoms with Crippen LogP contribution in [0.4, 0.5) is 0 Å². The Labute approximate surface area is 205 Å². The summed E-state index contributed by atoms with van der Waals surface area (Å²) in [5, 5.41) is 29.3. The number of rotatable bonds is 20. The number of hydrogen-bond donors (Lipinski definition) is 3. The molecule has 0 saturated carbocycles. The smallest absolute Gasteiger partial charge is 0.139 e. The SMILES string of the molecule is CC(=CCCCO[C@H](CO)[C@@H](O)C(O)=C(C)C)CCCC(C)CCCC(C)CCCC(C)C. The van der Waals surface area contributed by atoms with Gasteiger partial charge in [-0.25, -0.2) is 0 Å². The Bertz CT molecular complexity index is 534. The molecule has 0 aliphatic carbocycles. The van der Waals surface area contributed by atoms with E-state index >= 15 is 0 Å². The molecule has 0 spiro atoms. The van der Waals surface area contributed by atoms with Crippen molar-refractivity contribution in [1.82, 2.24) is 0 Å². The molecule has 0 aliphatic rings. The number of allylic oxidation sites excluding steroid dienone is 3. The predicted molar refractivity (Wildman–Crippen MR) is 142 cm³/mol. The Morgan fingerprint density at radius 2 is 1.36 bits per heavy atom. The van der Waals surface area contributed by atoms with Crippen molar-refractivity contribution in [2.24, 2.45) is 17.8 Å². The van der Waals surface area contributed by atoms with Crippen LogP contribution in [0.3, 0.4) is 0 Å². The summed E-state index contributed by atoms with van der Waals surface area (Å²) in [4.78, 5) is 0. The number of hydrogen-bond acceptors (Lipinski definition) is 4. The topological polar surface area (TPSA) is 69.9 Å². The van der Waals surface area contributed by atoms with Crippen molar-refractivity contribution in [2.45, 2.75) is 131 Å². The minimum atomic E-state index is -1.17. The van der Waals surface area contributed by atoms with Gasteiger partial charge < -0.3 is 20.1 Å². The van der Waals surface area contributed by atoms with E-state index in [1.54, 1.807) is 13.8 Å². The molecule has 0 heterocycles. The highest BCUT2D eigenvalue weighted by Gasteiger charge is 2.23. The van der Waals surface area contributed by atoms with Crippen LogP contribution < -0.4 is 0 Å². The molecular formula is C29H56O4. The van der Waals surface area contributed by atoms with Gasteiger partial charge in [0.1, 0.15) is 18.0 Å². The van der Waals surface area contributed by atoms with Crippen molar-refractivity contribution in [3.63, 3.8) is 0 Å². The van der Waals surface area contributed by atoms with E-state index in [-0.39, 0.29) is 12.4 Å². The Kier molecular flexibility index (Phi) is 19.0. The zero-order valence-corrected chi connectivity index (χ0v) is 22.9. The van der Waals surface area contributed by atoms with Crippen molar-refractivity contribution >= 4 is 0 Å². The maximum atomic E-state index is 10.1. The molecule has 0 aromatic heterocycles. The number of aliphatic hydroxyl groups is 3. The second kappa shape index (κ2) is 19.5. The van der Waals surface area contributed by atoms with Crippen molar-refractivity contribution in [3.8, 4) is 0 Å². The summed E-state index contributed by atoms with van der Waals surface area (Å²) < 4.78 is 5.58. The molecule has 0 rings (SSSR count). The summed E-state index contributed by atoms with van der Waals surface area (Å²) in [7, 11) is 0. The molecule has 0 bridgehead atoms. The maximum Gasteiger partial charge on any atom is 0.139 e. The van der Waals surface area contributed by atoms with Crippen LogP contribution in [0.2, 0.25) is 0 Å². The zero-order valence-electron chi connectivity index (χ0n) is 22.9. The zero-order chi connectivity index (χ0) is 25.2. The lowest BCUT2D eigenvalue weighted by Gasteiger charge is -2.21.